The molecule has 0 spiro atoms. The van der Waals surface area contributed by atoms with Gasteiger partial charge >= 0.3 is 17.9 Å². The van der Waals surface area contributed by atoms with Crippen LogP contribution in [0.1, 0.15) is 40.0 Å². The summed E-state index contributed by atoms with van der Waals surface area (Å²) in [5.74, 6) is -6.47. The fourth-order valence-electron chi connectivity index (χ4n) is 1.55. The van der Waals surface area contributed by atoms with Crippen molar-refractivity contribution in [2.45, 2.75) is 40.0 Å². The quantitative estimate of drug-likeness (QED) is 0.382. The molecule has 0 amide bonds. The van der Waals surface area contributed by atoms with E-state index in [-0.39, 0.29) is 6.61 Å². The molecule has 0 saturated heterocycles. The average Bonchev–Trinajstić information content (AvgIpc) is 2.27. The highest BCUT2D eigenvalue weighted by Crippen LogP contribution is 2.12. The van der Waals surface area contributed by atoms with Crippen molar-refractivity contribution in [3.63, 3.8) is 0 Å². The summed E-state index contributed by atoms with van der Waals surface area (Å²) < 4.78 is 4.71. The molecular formula is C14H22O6. The van der Waals surface area contributed by atoms with Crippen LogP contribution in [0.25, 0.3) is 0 Å². The topological polar surface area (TPSA) is 101 Å². The highest BCUT2D eigenvalue weighted by molar-refractivity contribution is 6.11. The van der Waals surface area contributed by atoms with Gasteiger partial charge in [0, 0.05) is 0 Å². The zero-order chi connectivity index (χ0) is 15.7. The van der Waals surface area contributed by atoms with Crippen molar-refractivity contribution in [1.82, 2.24) is 0 Å². The van der Waals surface area contributed by atoms with Crippen molar-refractivity contribution in [2.24, 2.45) is 11.8 Å². The first-order chi connectivity index (χ1) is 9.25. The minimum atomic E-state index is -2.14. The van der Waals surface area contributed by atoms with Crippen LogP contribution in [0.4, 0.5) is 0 Å². The fourth-order valence-corrected chi connectivity index (χ4v) is 1.55. The Morgan fingerprint density at radius 2 is 1.65 bits per heavy atom. The third kappa shape index (κ3) is 7.56. The second-order valence-electron chi connectivity index (χ2n) is 5.03. The smallest absolute Gasteiger partial charge is 0.331 e. The van der Waals surface area contributed by atoms with E-state index in [2.05, 4.69) is 6.08 Å². The zero-order valence-corrected chi connectivity index (χ0v) is 12.1. The van der Waals surface area contributed by atoms with E-state index in [1.54, 1.807) is 0 Å². The molecule has 20 heavy (non-hydrogen) atoms. The van der Waals surface area contributed by atoms with Gasteiger partial charge in [-0.1, -0.05) is 18.6 Å². The predicted octanol–water partition coefficient (Wildman–Crippen LogP) is 2.09. The molecule has 0 fully saturated rings. The van der Waals surface area contributed by atoms with Crippen molar-refractivity contribution >= 4 is 17.9 Å². The molecule has 0 aromatic carbocycles. The van der Waals surface area contributed by atoms with Crippen molar-refractivity contribution in [2.75, 3.05) is 6.61 Å². The summed E-state index contributed by atoms with van der Waals surface area (Å²) in [4.78, 5) is 32.5. The van der Waals surface area contributed by atoms with Crippen molar-refractivity contribution in [1.29, 1.82) is 0 Å². The maximum absolute atomic E-state index is 11.3. The first-order valence-electron chi connectivity index (χ1n) is 6.51. The number of hydrogen-bond acceptors (Lipinski definition) is 4. The van der Waals surface area contributed by atoms with E-state index in [0.29, 0.717) is 12.3 Å². The van der Waals surface area contributed by atoms with Gasteiger partial charge in [-0.2, -0.15) is 0 Å². The van der Waals surface area contributed by atoms with Crippen molar-refractivity contribution in [3.05, 3.63) is 11.6 Å². The van der Waals surface area contributed by atoms with Crippen LogP contribution < -0.4 is 0 Å². The lowest BCUT2D eigenvalue weighted by atomic mass is 10.0. The van der Waals surface area contributed by atoms with E-state index in [1.807, 2.05) is 20.8 Å². The lowest BCUT2D eigenvalue weighted by Gasteiger charge is -2.12. The fraction of sp³-hybridized carbons (Fsp3) is 0.643. The monoisotopic (exact) mass is 286 g/mol. The maximum Gasteiger partial charge on any atom is 0.331 e. The van der Waals surface area contributed by atoms with Gasteiger partial charge in [-0.25, -0.2) is 0 Å². The second-order valence-corrected chi connectivity index (χ2v) is 5.03. The zero-order valence-electron chi connectivity index (χ0n) is 12.1. The molecule has 0 saturated carbocycles. The Labute approximate surface area is 118 Å². The molecule has 114 valence electrons. The highest BCUT2D eigenvalue weighted by atomic mass is 16.5. The molecule has 0 bridgehead atoms. The van der Waals surface area contributed by atoms with Crippen LogP contribution in [-0.2, 0) is 19.1 Å². The van der Waals surface area contributed by atoms with Crippen molar-refractivity contribution in [3.8, 4) is 0 Å². The minimum absolute atomic E-state index is 0.0336. The summed E-state index contributed by atoms with van der Waals surface area (Å²) in [6.07, 6.45) is 4.57. The number of rotatable bonds is 9. The molecule has 1 atom stereocenters. The van der Waals surface area contributed by atoms with E-state index < -0.39 is 23.8 Å². The molecular weight excluding hydrogens is 264 g/mol. The highest BCUT2D eigenvalue weighted by Gasteiger charge is 2.35. The molecule has 6 heteroatoms. The molecule has 0 aromatic heterocycles. The Kier molecular flexibility index (Phi) is 8.27. The number of allylic oxidation sites excluding steroid dienone is 2. The molecule has 0 radical (unpaired) electrons. The predicted molar refractivity (Wildman–Crippen MR) is 72.2 cm³/mol. The van der Waals surface area contributed by atoms with E-state index in [0.717, 1.165) is 12.8 Å². The summed E-state index contributed by atoms with van der Waals surface area (Å²) in [6.45, 7) is 6.07. The van der Waals surface area contributed by atoms with Gasteiger partial charge in [0.25, 0.3) is 0 Å². The molecule has 1 unspecified atom stereocenters. The molecule has 0 aromatic rings. The molecule has 0 rings (SSSR count). The summed E-state index contributed by atoms with van der Waals surface area (Å²) in [6, 6.07) is 0. The summed E-state index contributed by atoms with van der Waals surface area (Å²) in [5, 5.41) is 17.2. The molecule has 2 N–H and O–H groups in total. The van der Waals surface area contributed by atoms with E-state index in [1.165, 1.54) is 5.57 Å². The van der Waals surface area contributed by atoms with Gasteiger partial charge in [-0.15, -0.1) is 0 Å². The standard InChI is InChI=1S/C14H22O6/c1-9(2)5-4-6-10(3)7-8-20-14(19)11(12(15)16)13(17)18/h5,10-11H,4,6-8H2,1-3H3,(H,15,16)(H,17,18). The molecule has 0 aliphatic rings. The van der Waals surface area contributed by atoms with Gasteiger partial charge in [0.05, 0.1) is 6.61 Å². The first-order valence-corrected chi connectivity index (χ1v) is 6.51. The van der Waals surface area contributed by atoms with Gasteiger partial charge in [0.2, 0.25) is 5.92 Å². The molecule has 0 heterocycles. The van der Waals surface area contributed by atoms with E-state index in [4.69, 9.17) is 14.9 Å². The van der Waals surface area contributed by atoms with Crippen LogP contribution in [0.2, 0.25) is 0 Å². The minimum Gasteiger partial charge on any atom is -0.480 e. The van der Waals surface area contributed by atoms with Crippen LogP contribution in [-0.4, -0.2) is 34.7 Å². The average molecular weight is 286 g/mol. The van der Waals surface area contributed by atoms with Gasteiger partial charge in [0.1, 0.15) is 0 Å². The van der Waals surface area contributed by atoms with Crippen LogP contribution in [0.15, 0.2) is 11.6 Å². The Morgan fingerprint density at radius 1 is 1.10 bits per heavy atom. The van der Waals surface area contributed by atoms with Crippen LogP contribution in [0, 0.1) is 11.8 Å². The van der Waals surface area contributed by atoms with Crippen LogP contribution in [0.3, 0.4) is 0 Å². The first kappa shape index (κ1) is 18.1. The number of carbonyl (C=O) groups is 3. The summed E-state index contributed by atoms with van der Waals surface area (Å²) in [5.41, 5.74) is 1.24. The number of carboxylic acid groups (broad SMARTS) is 2. The van der Waals surface area contributed by atoms with Gasteiger partial charge < -0.3 is 14.9 Å². The summed E-state index contributed by atoms with van der Waals surface area (Å²) in [7, 11) is 0. The normalized spacial score (nSPS) is 11.8. The lowest BCUT2D eigenvalue weighted by Crippen LogP contribution is -2.33. The number of carboxylic acids is 2. The van der Waals surface area contributed by atoms with Gasteiger partial charge in [-0.05, 0) is 39.0 Å². The largest absolute Gasteiger partial charge is 0.480 e. The Hall–Kier alpha value is -1.85. The summed E-state index contributed by atoms with van der Waals surface area (Å²) >= 11 is 0. The van der Waals surface area contributed by atoms with Gasteiger partial charge in [-0.3, -0.25) is 14.4 Å². The number of ether oxygens (including phenoxy) is 1. The third-order valence-corrected chi connectivity index (χ3v) is 2.80. The number of aliphatic carboxylic acids is 2. The van der Waals surface area contributed by atoms with E-state index in [9.17, 15) is 14.4 Å². The Bertz CT molecular complexity index is 367. The number of esters is 1. The maximum atomic E-state index is 11.3. The Balaban J connectivity index is 4.04. The van der Waals surface area contributed by atoms with Crippen LogP contribution in [0.5, 0.6) is 0 Å². The number of carbonyl (C=O) groups excluding carboxylic acids is 1. The lowest BCUT2D eigenvalue weighted by molar-refractivity contribution is -0.167. The Morgan fingerprint density at radius 3 is 2.10 bits per heavy atom. The SMILES string of the molecule is CC(C)=CCCC(C)CCOC(=O)C(C(=O)O)C(=O)O. The van der Waals surface area contributed by atoms with Gasteiger partial charge in [0.15, 0.2) is 0 Å². The number of hydrogen-bond donors (Lipinski definition) is 2. The molecule has 6 nitrogen and oxygen atoms in total. The van der Waals surface area contributed by atoms with Crippen molar-refractivity contribution < 1.29 is 29.3 Å². The van der Waals surface area contributed by atoms with Crippen LogP contribution >= 0.6 is 0 Å². The van der Waals surface area contributed by atoms with E-state index >= 15 is 0 Å². The molecule has 0 aliphatic carbocycles. The third-order valence-electron chi connectivity index (χ3n) is 2.80. The second kappa shape index (κ2) is 9.12. The molecule has 0 aliphatic heterocycles.